The van der Waals surface area contributed by atoms with Gasteiger partial charge in [-0.2, -0.15) is 5.10 Å². The molecule has 0 aliphatic rings. The standard InChI is InChI=1S/C22H20F2N4O3S.2ClH/c1-14(20-7-3-15-9-17(32(2,30)31)5-8-21(15)27-20)22(29,11-28-13-25-12-26-28)18-6-4-16(23)10-19(18)24;;/h3-10,12-14,29H,11H2,1-2H3;2*1H. The molecule has 0 fully saturated rings. The van der Waals surface area contributed by atoms with E-state index in [0.29, 0.717) is 16.6 Å². The Bertz CT molecular complexity index is 1400. The molecule has 12 heteroatoms. The number of sulfone groups is 1. The van der Waals surface area contributed by atoms with Gasteiger partial charge in [-0.3, -0.25) is 4.98 Å². The highest BCUT2D eigenvalue weighted by Gasteiger charge is 2.40. The van der Waals surface area contributed by atoms with Gasteiger partial charge in [0.2, 0.25) is 0 Å². The minimum absolute atomic E-state index is 0. The molecular formula is C22H22Cl2F2N4O3S. The second-order valence-corrected chi connectivity index (χ2v) is 9.74. The molecule has 2 aromatic heterocycles. The van der Waals surface area contributed by atoms with E-state index in [4.69, 9.17) is 0 Å². The number of aliphatic hydroxyl groups is 1. The second kappa shape index (κ2) is 10.3. The largest absolute Gasteiger partial charge is 0.382 e. The van der Waals surface area contributed by atoms with Crippen LogP contribution in [0, 0.1) is 11.6 Å². The van der Waals surface area contributed by atoms with E-state index in [9.17, 15) is 22.3 Å². The summed E-state index contributed by atoms with van der Waals surface area (Å²) in [5, 5.41) is 16.3. The lowest BCUT2D eigenvalue weighted by atomic mass is 9.79. The smallest absolute Gasteiger partial charge is 0.175 e. The van der Waals surface area contributed by atoms with Gasteiger partial charge in [0, 0.05) is 34.9 Å². The number of fused-ring (bicyclic) bond motifs is 1. The van der Waals surface area contributed by atoms with Crippen molar-refractivity contribution in [2.45, 2.75) is 29.9 Å². The van der Waals surface area contributed by atoms with Crippen LogP contribution >= 0.6 is 24.8 Å². The summed E-state index contributed by atoms with van der Waals surface area (Å²) in [5.74, 6) is -2.39. The first kappa shape index (κ1) is 27.6. The predicted octanol–water partition coefficient (Wildman–Crippen LogP) is 4.04. The Morgan fingerprint density at radius 1 is 1.09 bits per heavy atom. The number of hydrogen-bond acceptors (Lipinski definition) is 6. The molecule has 0 bridgehead atoms. The van der Waals surface area contributed by atoms with Gasteiger partial charge in [0.05, 0.1) is 17.0 Å². The fraction of sp³-hybridized carbons (Fsp3) is 0.227. The summed E-state index contributed by atoms with van der Waals surface area (Å²) in [5.41, 5.74) is -0.977. The van der Waals surface area contributed by atoms with E-state index in [0.717, 1.165) is 18.4 Å². The summed E-state index contributed by atoms with van der Waals surface area (Å²) in [6.45, 7) is 1.53. The highest BCUT2D eigenvalue weighted by Crippen LogP contribution is 2.39. The van der Waals surface area contributed by atoms with Gasteiger partial charge in [-0.15, -0.1) is 24.8 Å². The maximum Gasteiger partial charge on any atom is 0.175 e. The van der Waals surface area contributed by atoms with E-state index in [1.165, 1.54) is 35.5 Å². The van der Waals surface area contributed by atoms with Crippen molar-refractivity contribution < 1.29 is 22.3 Å². The van der Waals surface area contributed by atoms with Gasteiger partial charge in [0.1, 0.15) is 29.9 Å². The first-order chi connectivity index (χ1) is 15.1. The summed E-state index contributed by atoms with van der Waals surface area (Å²) in [6.07, 6.45) is 3.80. The maximum absolute atomic E-state index is 14.7. The zero-order valence-corrected chi connectivity index (χ0v) is 20.5. The van der Waals surface area contributed by atoms with Crippen LogP contribution < -0.4 is 0 Å². The lowest BCUT2D eigenvalue weighted by Gasteiger charge is -2.34. The van der Waals surface area contributed by atoms with E-state index < -0.39 is 33.0 Å². The number of benzene rings is 2. The van der Waals surface area contributed by atoms with Crippen LogP contribution in [0.2, 0.25) is 0 Å². The Morgan fingerprint density at radius 3 is 2.44 bits per heavy atom. The molecule has 0 aliphatic heterocycles. The second-order valence-electron chi connectivity index (χ2n) is 7.73. The average molecular weight is 531 g/mol. The van der Waals surface area contributed by atoms with Crippen LogP contribution in [0.5, 0.6) is 0 Å². The highest BCUT2D eigenvalue weighted by molar-refractivity contribution is 7.90. The van der Waals surface area contributed by atoms with Crippen LogP contribution in [-0.2, 0) is 22.0 Å². The molecular weight excluding hydrogens is 509 g/mol. The molecule has 0 amide bonds. The fourth-order valence-corrected chi connectivity index (χ4v) is 4.35. The van der Waals surface area contributed by atoms with E-state index in [1.54, 1.807) is 25.1 Å². The van der Waals surface area contributed by atoms with Gasteiger partial charge < -0.3 is 5.11 Å². The number of pyridine rings is 1. The molecule has 2 atom stereocenters. The summed E-state index contributed by atoms with van der Waals surface area (Å²) in [7, 11) is -3.37. The van der Waals surface area contributed by atoms with Gasteiger partial charge in [-0.05, 0) is 30.3 Å². The zero-order valence-electron chi connectivity index (χ0n) is 18.1. The quantitative estimate of drug-likeness (QED) is 0.404. The molecule has 2 unspecified atom stereocenters. The van der Waals surface area contributed by atoms with E-state index >= 15 is 0 Å². The monoisotopic (exact) mass is 530 g/mol. The fourth-order valence-electron chi connectivity index (χ4n) is 3.69. The zero-order chi connectivity index (χ0) is 23.1. The van der Waals surface area contributed by atoms with Crippen molar-refractivity contribution in [3.63, 3.8) is 0 Å². The molecule has 34 heavy (non-hydrogen) atoms. The number of halogens is 4. The van der Waals surface area contributed by atoms with Crippen LogP contribution in [0.1, 0.15) is 24.1 Å². The molecule has 4 rings (SSSR count). The molecule has 0 saturated carbocycles. The molecule has 4 aromatic rings. The summed E-state index contributed by atoms with van der Waals surface area (Å²) >= 11 is 0. The maximum atomic E-state index is 14.7. The van der Waals surface area contributed by atoms with Crippen LogP contribution in [0.25, 0.3) is 10.9 Å². The number of nitrogens with zero attached hydrogens (tertiary/aromatic N) is 4. The topological polar surface area (TPSA) is 98.0 Å². The van der Waals surface area contributed by atoms with Crippen molar-refractivity contribution in [3.8, 4) is 0 Å². The van der Waals surface area contributed by atoms with Crippen LogP contribution in [0.4, 0.5) is 8.78 Å². The van der Waals surface area contributed by atoms with Crippen LogP contribution in [-0.4, -0.2) is 39.5 Å². The molecule has 2 heterocycles. The minimum atomic E-state index is -3.37. The van der Waals surface area contributed by atoms with E-state index in [-0.39, 0.29) is 41.8 Å². The predicted molar refractivity (Wildman–Crippen MR) is 128 cm³/mol. The first-order valence-electron chi connectivity index (χ1n) is 9.69. The normalized spacial score (nSPS) is 14.0. The van der Waals surface area contributed by atoms with Crippen molar-refractivity contribution >= 4 is 45.6 Å². The van der Waals surface area contributed by atoms with Crippen molar-refractivity contribution in [1.82, 2.24) is 19.7 Å². The third-order valence-electron chi connectivity index (χ3n) is 5.54. The molecule has 1 N–H and O–H groups in total. The Kier molecular flexibility index (Phi) is 8.36. The minimum Gasteiger partial charge on any atom is -0.382 e. The molecule has 7 nitrogen and oxygen atoms in total. The summed E-state index contributed by atoms with van der Waals surface area (Å²) < 4.78 is 53.3. The van der Waals surface area contributed by atoms with Gasteiger partial charge >= 0.3 is 0 Å². The average Bonchev–Trinajstić information content (AvgIpc) is 3.24. The van der Waals surface area contributed by atoms with Crippen molar-refractivity contribution in [2.75, 3.05) is 6.26 Å². The third-order valence-corrected chi connectivity index (χ3v) is 6.65. The Hall–Kier alpha value is -2.66. The molecule has 0 radical (unpaired) electrons. The molecule has 0 spiro atoms. The van der Waals surface area contributed by atoms with Crippen molar-refractivity contribution in [1.29, 1.82) is 0 Å². The van der Waals surface area contributed by atoms with Crippen LogP contribution in [0.3, 0.4) is 0 Å². The Morgan fingerprint density at radius 2 is 1.82 bits per heavy atom. The van der Waals surface area contributed by atoms with Gasteiger partial charge in [-0.25, -0.2) is 26.9 Å². The van der Waals surface area contributed by atoms with E-state index in [2.05, 4.69) is 15.1 Å². The van der Waals surface area contributed by atoms with Gasteiger partial charge in [0.25, 0.3) is 0 Å². The van der Waals surface area contributed by atoms with Crippen molar-refractivity contribution in [2.24, 2.45) is 0 Å². The van der Waals surface area contributed by atoms with Gasteiger partial charge in [0.15, 0.2) is 9.84 Å². The highest BCUT2D eigenvalue weighted by atomic mass is 35.5. The summed E-state index contributed by atoms with van der Waals surface area (Å²) in [4.78, 5) is 8.60. The SMILES string of the molecule is CC(c1ccc2cc(S(C)(=O)=O)ccc2n1)C(O)(Cn1cncn1)c1ccc(F)cc1F.Cl.Cl. The number of rotatable bonds is 6. The van der Waals surface area contributed by atoms with Crippen LogP contribution in [0.15, 0.2) is 66.1 Å². The molecule has 0 saturated heterocycles. The lowest BCUT2D eigenvalue weighted by molar-refractivity contribution is -0.0122. The number of aromatic nitrogens is 4. The lowest BCUT2D eigenvalue weighted by Crippen LogP contribution is -2.38. The molecule has 2 aromatic carbocycles. The first-order valence-corrected chi connectivity index (χ1v) is 11.6. The van der Waals surface area contributed by atoms with Gasteiger partial charge in [-0.1, -0.05) is 19.1 Å². The molecule has 182 valence electrons. The number of hydrogen-bond donors (Lipinski definition) is 1. The third kappa shape index (κ3) is 5.35. The Labute approximate surface area is 207 Å². The Balaban J connectivity index is 0.00000204. The molecule has 0 aliphatic carbocycles. The van der Waals surface area contributed by atoms with E-state index in [1.807, 2.05) is 0 Å². The summed E-state index contributed by atoms with van der Waals surface area (Å²) in [6, 6.07) is 10.9. The van der Waals surface area contributed by atoms with Crippen molar-refractivity contribution in [3.05, 3.63) is 84.1 Å².